The Morgan fingerprint density at radius 3 is 2.87 bits per heavy atom. The van der Waals surface area contributed by atoms with Crippen molar-refractivity contribution < 1.29 is 14.3 Å². The second-order valence-electron chi connectivity index (χ2n) is 8.00. The van der Waals surface area contributed by atoms with Crippen LogP contribution in [-0.2, 0) is 4.74 Å². The highest BCUT2D eigenvalue weighted by Gasteiger charge is 2.31. The van der Waals surface area contributed by atoms with Crippen LogP contribution in [0.5, 0.6) is 5.75 Å². The fourth-order valence-corrected chi connectivity index (χ4v) is 4.64. The fraction of sp³-hybridized carbons (Fsp3) is 0.435. The van der Waals surface area contributed by atoms with Crippen LogP contribution in [0.4, 0.5) is 0 Å². The van der Waals surface area contributed by atoms with Gasteiger partial charge >= 0.3 is 0 Å². The van der Waals surface area contributed by atoms with Gasteiger partial charge in [0.1, 0.15) is 11.3 Å². The summed E-state index contributed by atoms with van der Waals surface area (Å²) in [5.41, 5.74) is 3.31. The van der Waals surface area contributed by atoms with Crippen LogP contribution in [0, 0.1) is 0 Å². The molecule has 7 heteroatoms. The molecule has 1 unspecified atom stereocenters. The molecule has 4 heterocycles. The van der Waals surface area contributed by atoms with E-state index in [1.54, 1.807) is 13.3 Å². The standard InChI is InChI=1S/C23H26N4O3/c1-29-19-5-2-4-16(12-19)21-6-3-9-26(21)23(28)17-13-20-22(24-14-17)27(15-25-20)18-7-10-30-11-8-18/h2,4-5,12-15,18,21H,3,6-11H2,1H3. The molecule has 0 saturated carbocycles. The molecule has 1 atom stereocenters. The third-order valence-electron chi connectivity index (χ3n) is 6.24. The van der Waals surface area contributed by atoms with E-state index in [-0.39, 0.29) is 11.9 Å². The topological polar surface area (TPSA) is 69.5 Å². The summed E-state index contributed by atoms with van der Waals surface area (Å²) >= 11 is 0. The summed E-state index contributed by atoms with van der Waals surface area (Å²) in [5.74, 6) is 0.823. The van der Waals surface area contributed by atoms with Crippen molar-refractivity contribution in [3.8, 4) is 5.75 Å². The highest BCUT2D eigenvalue weighted by molar-refractivity contribution is 5.96. The Kier molecular flexibility index (Phi) is 5.12. The highest BCUT2D eigenvalue weighted by atomic mass is 16.5. The number of carbonyl (C=O) groups is 1. The number of carbonyl (C=O) groups excluding carboxylic acids is 1. The van der Waals surface area contributed by atoms with Gasteiger partial charge < -0.3 is 18.9 Å². The normalized spacial score (nSPS) is 20.0. The van der Waals surface area contributed by atoms with Crippen molar-refractivity contribution in [3.05, 3.63) is 54.0 Å². The molecule has 0 radical (unpaired) electrons. The van der Waals surface area contributed by atoms with Crippen molar-refractivity contribution in [1.29, 1.82) is 0 Å². The molecule has 2 aliphatic rings. The molecule has 0 spiro atoms. The number of rotatable bonds is 4. The smallest absolute Gasteiger partial charge is 0.256 e. The third-order valence-corrected chi connectivity index (χ3v) is 6.24. The zero-order valence-corrected chi connectivity index (χ0v) is 17.2. The number of nitrogens with zero attached hydrogens (tertiary/aromatic N) is 4. The molecule has 156 valence electrons. The molecule has 2 aromatic heterocycles. The van der Waals surface area contributed by atoms with Gasteiger partial charge in [0.05, 0.1) is 25.0 Å². The van der Waals surface area contributed by atoms with Crippen molar-refractivity contribution in [3.63, 3.8) is 0 Å². The Morgan fingerprint density at radius 2 is 2.03 bits per heavy atom. The number of ether oxygens (including phenoxy) is 2. The van der Waals surface area contributed by atoms with E-state index < -0.39 is 0 Å². The molecule has 0 aliphatic carbocycles. The SMILES string of the molecule is COc1cccc(C2CCCN2C(=O)c2cnc3c(c2)ncn3C2CCOCC2)c1. The first kappa shape index (κ1) is 19.1. The zero-order chi connectivity index (χ0) is 20.5. The lowest BCUT2D eigenvalue weighted by Crippen LogP contribution is -2.30. The van der Waals surface area contributed by atoms with Crippen molar-refractivity contribution >= 4 is 17.1 Å². The molecule has 1 amide bonds. The molecule has 2 fully saturated rings. The first-order valence-electron chi connectivity index (χ1n) is 10.6. The Balaban J connectivity index is 1.41. The number of likely N-dealkylation sites (tertiary alicyclic amines) is 1. The molecule has 3 aromatic rings. The summed E-state index contributed by atoms with van der Waals surface area (Å²) in [6, 6.07) is 10.3. The summed E-state index contributed by atoms with van der Waals surface area (Å²) in [6.45, 7) is 2.28. The number of hydrogen-bond acceptors (Lipinski definition) is 5. The Hall–Kier alpha value is -2.93. The van der Waals surface area contributed by atoms with Crippen LogP contribution < -0.4 is 4.74 Å². The molecule has 1 aromatic carbocycles. The summed E-state index contributed by atoms with van der Waals surface area (Å²) < 4.78 is 13.0. The number of fused-ring (bicyclic) bond motifs is 1. The number of methoxy groups -OCH3 is 1. The van der Waals surface area contributed by atoms with E-state index in [1.807, 2.05) is 35.5 Å². The van der Waals surface area contributed by atoms with Gasteiger partial charge in [-0.05, 0) is 49.4 Å². The molecule has 30 heavy (non-hydrogen) atoms. The highest BCUT2D eigenvalue weighted by Crippen LogP contribution is 2.35. The summed E-state index contributed by atoms with van der Waals surface area (Å²) in [7, 11) is 1.66. The van der Waals surface area contributed by atoms with Crippen molar-refractivity contribution in [1.82, 2.24) is 19.4 Å². The van der Waals surface area contributed by atoms with Crippen LogP contribution in [0.25, 0.3) is 11.2 Å². The van der Waals surface area contributed by atoms with E-state index in [4.69, 9.17) is 9.47 Å². The van der Waals surface area contributed by atoms with E-state index in [0.717, 1.165) is 67.9 Å². The van der Waals surface area contributed by atoms with Crippen LogP contribution in [0.3, 0.4) is 0 Å². The van der Waals surface area contributed by atoms with E-state index >= 15 is 0 Å². The van der Waals surface area contributed by atoms with E-state index in [9.17, 15) is 4.79 Å². The molecular formula is C23H26N4O3. The van der Waals surface area contributed by atoms with Crippen LogP contribution in [0.1, 0.15) is 53.7 Å². The van der Waals surface area contributed by atoms with Gasteiger partial charge in [-0.15, -0.1) is 0 Å². The molecule has 2 aliphatic heterocycles. The van der Waals surface area contributed by atoms with E-state index in [1.165, 1.54) is 0 Å². The van der Waals surface area contributed by atoms with Gasteiger partial charge in [-0.2, -0.15) is 0 Å². The molecule has 7 nitrogen and oxygen atoms in total. The second-order valence-corrected chi connectivity index (χ2v) is 8.00. The van der Waals surface area contributed by atoms with Gasteiger partial charge in [-0.25, -0.2) is 9.97 Å². The number of pyridine rings is 1. The van der Waals surface area contributed by atoms with Crippen LogP contribution in [0.2, 0.25) is 0 Å². The van der Waals surface area contributed by atoms with Crippen molar-refractivity contribution in [2.75, 3.05) is 26.9 Å². The Labute approximate surface area is 175 Å². The lowest BCUT2D eigenvalue weighted by molar-refractivity contribution is 0.0704. The molecule has 0 bridgehead atoms. The summed E-state index contributed by atoms with van der Waals surface area (Å²) in [4.78, 5) is 24.5. The first-order chi connectivity index (χ1) is 14.7. The zero-order valence-electron chi connectivity index (χ0n) is 17.2. The number of amides is 1. The average molecular weight is 406 g/mol. The number of benzene rings is 1. The van der Waals surface area contributed by atoms with Gasteiger partial charge in [0.25, 0.3) is 5.91 Å². The van der Waals surface area contributed by atoms with Gasteiger partial charge in [0, 0.05) is 32.0 Å². The van der Waals surface area contributed by atoms with Crippen LogP contribution in [0.15, 0.2) is 42.9 Å². The number of hydrogen-bond donors (Lipinski definition) is 0. The third kappa shape index (κ3) is 3.43. The molecule has 0 N–H and O–H groups in total. The average Bonchev–Trinajstić information content (AvgIpc) is 3.46. The molecule has 5 rings (SSSR count). The van der Waals surface area contributed by atoms with Gasteiger partial charge in [0.15, 0.2) is 5.65 Å². The Morgan fingerprint density at radius 1 is 1.17 bits per heavy atom. The van der Waals surface area contributed by atoms with E-state index in [2.05, 4.69) is 20.6 Å². The van der Waals surface area contributed by atoms with Gasteiger partial charge in [-0.1, -0.05) is 12.1 Å². The van der Waals surface area contributed by atoms with Crippen LogP contribution in [-0.4, -0.2) is 52.2 Å². The monoisotopic (exact) mass is 406 g/mol. The largest absolute Gasteiger partial charge is 0.497 e. The maximum Gasteiger partial charge on any atom is 0.256 e. The number of imidazole rings is 1. The summed E-state index contributed by atoms with van der Waals surface area (Å²) in [5, 5.41) is 0. The molecule has 2 saturated heterocycles. The van der Waals surface area contributed by atoms with Crippen molar-refractivity contribution in [2.24, 2.45) is 0 Å². The Bertz CT molecular complexity index is 1060. The lowest BCUT2D eigenvalue weighted by atomic mass is 10.0. The summed E-state index contributed by atoms with van der Waals surface area (Å²) in [6.07, 6.45) is 7.40. The van der Waals surface area contributed by atoms with Crippen molar-refractivity contribution in [2.45, 2.75) is 37.8 Å². The maximum atomic E-state index is 13.3. The first-order valence-corrected chi connectivity index (χ1v) is 10.6. The van der Waals surface area contributed by atoms with Gasteiger partial charge in [0.2, 0.25) is 0 Å². The second kappa shape index (κ2) is 8.07. The van der Waals surface area contributed by atoms with Crippen LogP contribution >= 0.6 is 0 Å². The molecular weight excluding hydrogens is 380 g/mol. The minimum Gasteiger partial charge on any atom is -0.497 e. The minimum atomic E-state index is 0.00957. The fourth-order valence-electron chi connectivity index (χ4n) is 4.64. The van der Waals surface area contributed by atoms with Gasteiger partial charge in [-0.3, -0.25) is 4.79 Å². The predicted molar refractivity (Wildman–Crippen MR) is 113 cm³/mol. The lowest BCUT2D eigenvalue weighted by Gasteiger charge is -2.25. The number of aromatic nitrogens is 3. The quantitative estimate of drug-likeness (QED) is 0.660. The predicted octanol–water partition coefficient (Wildman–Crippen LogP) is 3.77. The maximum absolute atomic E-state index is 13.3. The minimum absolute atomic E-state index is 0.00957. The van der Waals surface area contributed by atoms with E-state index in [0.29, 0.717) is 11.6 Å².